The molecule has 0 aromatic heterocycles. The minimum atomic E-state index is 0.283. The molecule has 2 atom stereocenters. The highest BCUT2D eigenvalue weighted by Crippen LogP contribution is 2.29. The molecule has 0 spiro atoms. The van der Waals surface area contributed by atoms with Gasteiger partial charge in [-0.2, -0.15) is 0 Å². The van der Waals surface area contributed by atoms with Crippen LogP contribution in [0.1, 0.15) is 37.8 Å². The van der Waals surface area contributed by atoms with Gasteiger partial charge in [0.25, 0.3) is 0 Å². The fourth-order valence-corrected chi connectivity index (χ4v) is 2.66. The predicted molar refractivity (Wildman–Crippen MR) is 80.7 cm³/mol. The molecular weight excluding hydrogens is 306 g/mol. The second-order valence-electron chi connectivity index (χ2n) is 4.96. The zero-order valence-electron chi connectivity index (χ0n) is 11.6. The van der Waals surface area contributed by atoms with Gasteiger partial charge in [-0.05, 0) is 38.9 Å². The summed E-state index contributed by atoms with van der Waals surface area (Å²) in [5.41, 5.74) is 1.19. The summed E-state index contributed by atoms with van der Waals surface area (Å²) in [5, 5.41) is 3.25. The molecule has 1 aliphatic rings. The highest BCUT2D eigenvalue weighted by molar-refractivity contribution is 9.10. The van der Waals surface area contributed by atoms with Crippen molar-refractivity contribution in [2.24, 2.45) is 0 Å². The molecule has 3 nitrogen and oxygen atoms in total. The lowest BCUT2D eigenvalue weighted by molar-refractivity contribution is 0.0901. The number of rotatable bonds is 6. The molecule has 0 radical (unpaired) electrons. The van der Waals surface area contributed by atoms with Gasteiger partial charge >= 0.3 is 0 Å². The van der Waals surface area contributed by atoms with E-state index in [-0.39, 0.29) is 6.04 Å². The molecule has 4 heteroatoms. The summed E-state index contributed by atoms with van der Waals surface area (Å²) in [6.45, 7) is 3.75. The van der Waals surface area contributed by atoms with Gasteiger partial charge in [0.15, 0.2) is 0 Å². The predicted octanol–water partition coefficient (Wildman–Crippen LogP) is 3.68. The molecule has 106 valence electrons. The lowest BCUT2D eigenvalue weighted by atomic mass is 10.1. The quantitative estimate of drug-likeness (QED) is 0.864. The minimum Gasteiger partial charge on any atom is -0.493 e. The lowest BCUT2D eigenvalue weighted by Gasteiger charge is -2.18. The van der Waals surface area contributed by atoms with E-state index in [1.54, 1.807) is 0 Å². The van der Waals surface area contributed by atoms with Gasteiger partial charge < -0.3 is 14.8 Å². The Morgan fingerprint density at radius 3 is 3.05 bits per heavy atom. The molecule has 2 rings (SSSR count). The maximum Gasteiger partial charge on any atom is 0.125 e. The highest BCUT2D eigenvalue weighted by Gasteiger charge is 2.16. The van der Waals surface area contributed by atoms with E-state index in [4.69, 9.17) is 9.47 Å². The summed E-state index contributed by atoms with van der Waals surface area (Å²) in [5.74, 6) is 0.953. The van der Waals surface area contributed by atoms with Crippen LogP contribution >= 0.6 is 15.9 Å². The summed E-state index contributed by atoms with van der Waals surface area (Å²) >= 11 is 3.50. The first-order valence-corrected chi connectivity index (χ1v) is 7.71. The van der Waals surface area contributed by atoms with Crippen molar-refractivity contribution in [3.8, 4) is 5.75 Å². The SMILES string of the molecule is CNC(C)c1ccc(Br)cc1OCCC1CCCO1. The largest absolute Gasteiger partial charge is 0.493 e. The second kappa shape index (κ2) is 7.27. The van der Waals surface area contributed by atoms with E-state index in [1.165, 1.54) is 18.4 Å². The molecule has 0 amide bonds. The fraction of sp³-hybridized carbons (Fsp3) is 0.600. The van der Waals surface area contributed by atoms with Crippen LogP contribution < -0.4 is 10.1 Å². The van der Waals surface area contributed by atoms with Crippen LogP contribution in [0.5, 0.6) is 5.75 Å². The van der Waals surface area contributed by atoms with Crippen molar-refractivity contribution >= 4 is 15.9 Å². The topological polar surface area (TPSA) is 30.5 Å². The highest BCUT2D eigenvalue weighted by atomic mass is 79.9. The molecule has 1 aromatic rings. The van der Waals surface area contributed by atoms with Crippen LogP contribution in [0, 0.1) is 0 Å². The molecule has 19 heavy (non-hydrogen) atoms. The maximum absolute atomic E-state index is 5.95. The van der Waals surface area contributed by atoms with Crippen molar-refractivity contribution in [1.29, 1.82) is 0 Å². The number of hydrogen-bond donors (Lipinski definition) is 1. The number of nitrogens with one attached hydrogen (secondary N) is 1. The first-order valence-electron chi connectivity index (χ1n) is 6.92. The number of halogens is 1. The average molecular weight is 328 g/mol. The van der Waals surface area contributed by atoms with Gasteiger partial charge in [0.1, 0.15) is 5.75 Å². The van der Waals surface area contributed by atoms with Crippen molar-refractivity contribution in [2.75, 3.05) is 20.3 Å². The number of hydrogen-bond acceptors (Lipinski definition) is 3. The third-order valence-electron chi connectivity index (χ3n) is 3.60. The normalized spacial score (nSPS) is 20.5. The minimum absolute atomic E-state index is 0.283. The van der Waals surface area contributed by atoms with E-state index in [2.05, 4.69) is 40.3 Å². The average Bonchev–Trinajstić information content (AvgIpc) is 2.91. The van der Waals surface area contributed by atoms with Gasteiger partial charge in [-0.15, -0.1) is 0 Å². The van der Waals surface area contributed by atoms with Gasteiger partial charge in [-0.3, -0.25) is 0 Å². The van der Waals surface area contributed by atoms with E-state index in [0.29, 0.717) is 12.7 Å². The zero-order valence-corrected chi connectivity index (χ0v) is 13.2. The Morgan fingerprint density at radius 2 is 2.37 bits per heavy atom. The molecule has 1 heterocycles. The maximum atomic E-state index is 5.95. The zero-order chi connectivity index (χ0) is 13.7. The van der Waals surface area contributed by atoms with Crippen LogP contribution in [0.4, 0.5) is 0 Å². The summed E-state index contributed by atoms with van der Waals surface area (Å²) in [6, 6.07) is 6.48. The summed E-state index contributed by atoms with van der Waals surface area (Å²) < 4.78 is 12.6. The fourth-order valence-electron chi connectivity index (χ4n) is 2.32. The van der Waals surface area contributed by atoms with Crippen molar-refractivity contribution in [3.63, 3.8) is 0 Å². The van der Waals surface area contributed by atoms with E-state index in [0.717, 1.165) is 23.2 Å². The lowest BCUT2D eigenvalue weighted by Crippen LogP contribution is -2.15. The smallest absolute Gasteiger partial charge is 0.125 e. The van der Waals surface area contributed by atoms with Crippen molar-refractivity contribution in [2.45, 2.75) is 38.3 Å². The second-order valence-corrected chi connectivity index (χ2v) is 5.88. The molecule has 1 fully saturated rings. The first-order chi connectivity index (χ1) is 9.20. The van der Waals surface area contributed by atoms with Crippen LogP contribution in [-0.2, 0) is 4.74 Å². The van der Waals surface area contributed by atoms with Crippen LogP contribution in [-0.4, -0.2) is 26.4 Å². The van der Waals surface area contributed by atoms with Crippen LogP contribution in [0.3, 0.4) is 0 Å². The molecule has 0 bridgehead atoms. The van der Waals surface area contributed by atoms with E-state index in [1.807, 2.05) is 13.1 Å². The monoisotopic (exact) mass is 327 g/mol. The van der Waals surface area contributed by atoms with Gasteiger partial charge in [0.05, 0.1) is 12.7 Å². The van der Waals surface area contributed by atoms with Crippen molar-refractivity contribution < 1.29 is 9.47 Å². The molecule has 1 saturated heterocycles. The Balaban J connectivity index is 1.95. The standard InChI is InChI=1S/C15H22BrNO2/c1-11(17-2)14-6-5-12(16)10-15(14)19-9-7-13-4-3-8-18-13/h5-6,10-11,13,17H,3-4,7-9H2,1-2H3. The van der Waals surface area contributed by atoms with Gasteiger partial charge in [-0.1, -0.05) is 22.0 Å². The van der Waals surface area contributed by atoms with Crippen LogP contribution in [0.25, 0.3) is 0 Å². The Hall–Kier alpha value is -0.580. The third kappa shape index (κ3) is 4.20. The molecule has 0 aliphatic carbocycles. The van der Waals surface area contributed by atoms with E-state index < -0.39 is 0 Å². The van der Waals surface area contributed by atoms with Crippen LogP contribution in [0.15, 0.2) is 22.7 Å². The van der Waals surface area contributed by atoms with Crippen molar-refractivity contribution in [1.82, 2.24) is 5.32 Å². The molecule has 1 N–H and O–H groups in total. The van der Waals surface area contributed by atoms with E-state index in [9.17, 15) is 0 Å². The number of ether oxygens (including phenoxy) is 2. The summed E-state index contributed by atoms with van der Waals surface area (Å²) in [6.07, 6.45) is 3.71. The Kier molecular flexibility index (Phi) is 5.67. The third-order valence-corrected chi connectivity index (χ3v) is 4.09. The number of benzene rings is 1. The van der Waals surface area contributed by atoms with E-state index >= 15 is 0 Å². The summed E-state index contributed by atoms with van der Waals surface area (Å²) in [4.78, 5) is 0. The molecular formula is C15H22BrNO2. The van der Waals surface area contributed by atoms with Gasteiger partial charge in [0, 0.05) is 29.1 Å². The molecule has 1 aliphatic heterocycles. The Bertz CT molecular complexity index is 405. The van der Waals surface area contributed by atoms with Gasteiger partial charge in [0.2, 0.25) is 0 Å². The summed E-state index contributed by atoms with van der Waals surface area (Å²) in [7, 11) is 1.96. The van der Waals surface area contributed by atoms with Crippen molar-refractivity contribution in [3.05, 3.63) is 28.2 Å². The Morgan fingerprint density at radius 1 is 1.53 bits per heavy atom. The molecule has 0 saturated carbocycles. The molecule has 1 aromatic carbocycles. The van der Waals surface area contributed by atoms with Crippen LogP contribution in [0.2, 0.25) is 0 Å². The molecule has 2 unspecified atom stereocenters. The Labute approximate surface area is 123 Å². The van der Waals surface area contributed by atoms with Gasteiger partial charge in [-0.25, -0.2) is 0 Å². The first kappa shape index (κ1) is 14.8.